The number of nitrogens with zero attached hydrogens (tertiary/aromatic N) is 5. The lowest BCUT2D eigenvalue weighted by atomic mass is 9.96. The quantitative estimate of drug-likeness (QED) is 0.151. The predicted octanol–water partition coefficient (Wildman–Crippen LogP) is 14.7. The molecule has 0 N–H and O–H groups in total. The van der Waals surface area contributed by atoms with Gasteiger partial charge in [0, 0.05) is 44.1 Å². The molecule has 0 amide bonds. The molecule has 0 aliphatic heterocycles. The zero-order chi connectivity index (χ0) is 41.7. The highest BCUT2D eigenvalue weighted by Crippen LogP contribution is 2.41. The molecule has 0 saturated heterocycles. The first-order valence-corrected chi connectivity index (χ1v) is 21.2. The molecule has 0 spiro atoms. The molecule has 63 heavy (non-hydrogen) atoms. The number of rotatable bonds is 7. The summed E-state index contributed by atoms with van der Waals surface area (Å²) in [6, 6.07) is 78.4. The Labute approximate surface area is 364 Å². The fraction of sp³-hybridized carbons (Fsp3) is 0. The van der Waals surface area contributed by atoms with E-state index in [0.29, 0.717) is 5.82 Å². The average molecular weight is 804 g/mol. The zero-order valence-corrected chi connectivity index (χ0v) is 34.1. The maximum atomic E-state index is 5.46. The van der Waals surface area contributed by atoms with Crippen LogP contribution >= 0.6 is 0 Å². The second-order valence-corrected chi connectivity index (χ2v) is 15.8. The van der Waals surface area contributed by atoms with Crippen LogP contribution in [-0.2, 0) is 0 Å². The van der Waals surface area contributed by atoms with Crippen molar-refractivity contribution < 1.29 is 0 Å². The van der Waals surface area contributed by atoms with Gasteiger partial charge >= 0.3 is 0 Å². The molecule has 3 aromatic heterocycles. The highest BCUT2D eigenvalue weighted by molar-refractivity contribution is 6.20. The van der Waals surface area contributed by atoms with Crippen LogP contribution in [0.15, 0.2) is 224 Å². The van der Waals surface area contributed by atoms with Crippen molar-refractivity contribution in [3.05, 3.63) is 224 Å². The summed E-state index contributed by atoms with van der Waals surface area (Å²) in [5.74, 6) is 1.59. The van der Waals surface area contributed by atoms with Gasteiger partial charge in [0.1, 0.15) is 5.82 Å². The van der Waals surface area contributed by atoms with E-state index in [4.69, 9.17) is 19.9 Å². The van der Waals surface area contributed by atoms with Crippen LogP contribution < -0.4 is 0 Å². The topological polar surface area (TPSA) is 56.5 Å². The Balaban J connectivity index is 0.966. The molecular weight excluding hydrogens is 767 g/mol. The summed E-state index contributed by atoms with van der Waals surface area (Å²) in [4.78, 5) is 21.1. The standard InChI is InChI=1S/C58H37N5/c1-4-15-38(16-5-1)39-29-33-42(34-30-39)57-60-51-26-13-11-24-49(51)54(61-57)45-20-14-19-44(37-45)40-27-31-41(32-28-40)55-53-48(47-23-10-12-25-50(47)59-55)35-36-52-56(53)62-58(43-17-6-2-7-18-43)63(52)46-21-8-3-9-22-46/h1-37H. The van der Waals surface area contributed by atoms with Gasteiger partial charge in [-0.15, -0.1) is 0 Å². The SMILES string of the molecule is c1ccc(-c2ccc(-c3nc(-c4cccc(-c5ccc(-c6nc7ccccc7c7ccc8c(nc(-c9ccccc9)n8-c8ccccc8)c67)cc5)c4)c4ccccc4n3)cc2)cc1. The molecule has 0 radical (unpaired) electrons. The smallest absolute Gasteiger partial charge is 0.160 e. The monoisotopic (exact) mass is 803 g/mol. The second kappa shape index (κ2) is 15.2. The van der Waals surface area contributed by atoms with Gasteiger partial charge in [-0.05, 0) is 64.0 Å². The maximum absolute atomic E-state index is 5.46. The van der Waals surface area contributed by atoms with Crippen LogP contribution in [-0.4, -0.2) is 24.5 Å². The summed E-state index contributed by atoms with van der Waals surface area (Å²) >= 11 is 0. The minimum absolute atomic E-state index is 0.701. The third-order valence-corrected chi connectivity index (χ3v) is 12.0. The third-order valence-electron chi connectivity index (χ3n) is 12.0. The van der Waals surface area contributed by atoms with Gasteiger partial charge < -0.3 is 0 Å². The van der Waals surface area contributed by atoms with Gasteiger partial charge in [0.25, 0.3) is 0 Å². The first-order valence-electron chi connectivity index (χ1n) is 21.2. The predicted molar refractivity (Wildman–Crippen MR) is 260 cm³/mol. The van der Waals surface area contributed by atoms with Gasteiger partial charge in [-0.3, -0.25) is 4.57 Å². The van der Waals surface area contributed by atoms with Crippen LogP contribution in [0.2, 0.25) is 0 Å². The number of para-hydroxylation sites is 3. The molecule has 3 heterocycles. The van der Waals surface area contributed by atoms with Crippen molar-refractivity contribution in [2.45, 2.75) is 0 Å². The Kier molecular flexibility index (Phi) is 8.75. The number of hydrogen-bond acceptors (Lipinski definition) is 4. The van der Waals surface area contributed by atoms with Gasteiger partial charge in [-0.2, -0.15) is 0 Å². The number of benzene rings is 9. The van der Waals surface area contributed by atoms with Gasteiger partial charge in [0.15, 0.2) is 5.82 Å². The molecule has 0 unspecified atom stereocenters. The summed E-state index contributed by atoms with van der Waals surface area (Å²) in [6.07, 6.45) is 0. The Morgan fingerprint density at radius 3 is 1.57 bits per heavy atom. The molecule has 0 fully saturated rings. The first-order chi connectivity index (χ1) is 31.2. The molecule has 0 bridgehead atoms. The fourth-order valence-corrected chi connectivity index (χ4v) is 8.95. The van der Waals surface area contributed by atoms with Crippen LogP contribution in [0.5, 0.6) is 0 Å². The first kappa shape index (κ1) is 36.3. The summed E-state index contributed by atoms with van der Waals surface area (Å²) < 4.78 is 2.27. The molecule has 0 saturated carbocycles. The molecule has 5 nitrogen and oxygen atoms in total. The van der Waals surface area contributed by atoms with Crippen molar-refractivity contribution in [3.8, 4) is 73.2 Å². The van der Waals surface area contributed by atoms with E-state index in [1.807, 2.05) is 18.2 Å². The lowest BCUT2D eigenvalue weighted by molar-refractivity contribution is 1.10. The average Bonchev–Trinajstić information content (AvgIpc) is 3.77. The van der Waals surface area contributed by atoms with Crippen molar-refractivity contribution in [1.82, 2.24) is 24.5 Å². The Hall–Kier alpha value is -8.54. The van der Waals surface area contributed by atoms with Gasteiger partial charge in [0.2, 0.25) is 0 Å². The van der Waals surface area contributed by atoms with Crippen LogP contribution in [0.1, 0.15) is 0 Å². The van der Waals surface area contributed by atoms with Gasteiger partial charge in [-0.1, -0.05) is 188 Å². The van der Waals surface area contributed by atoms with E-state index in [1.54, 1.807) is 0 Å². The molecule has 294 valence electrons. The van der Waals surface area contributed by atoms with Gasteiger partial charge in [-0.25, -0.2) is 19.9 Å². The molecular formula is C58H37N5. The lowest BCUT2D eigenvalue weighted by Crippen LogP contribution is -1.97. The highest BCUT2D eigenvalue weighted by Gasteiger charge is 2.21. The van der Waals surface area contributed by atoms with Crippen molar-refractivity contribution in [2.24, 2.45) is 0 Å². The normalized spacial score (nSPS) is 11.5. The van der Waals surface area contributed by atoms with Crippen molar-refractivity contribution in [2.75, 3.05) is 0 Å². The van der Waals surface area contributed by atoms with Crippen LogP contribution in [0.4, 0.5) is 0 Å². The van der Waals surface area contributed by atoms with E-state index in [-0.39, 0.29) is 0 Å². The molecule has 0 aliphatic rings. The lowest BCUT2D eigenvalue weighted by Gasteiger charge is -2.13. The Bertz CT molecular complexity index is 3640. The van der Waals surface area contributed by atoms with Crippen LogP contribution in [0, 0.1) is 0 Å². The number of pyridine rings is 1. The number of hydrogen-bond donors (Lipinski definition) is 0. The van der Waals surface area contributed by atoms with Crippen molar-refractivity contribution >= 4 is 43.6 Å². The molecule has 0 atom stereocenters. The molecule has 9 aromatic carbocycles. The zero-order valence-electron chi connectivity index (χ0n) is 34.1. The maximum Gasteiger partial charge on any atom is 0.160 e. The Morgan fingerprint density at radius 2 is 0.841 bits per heavy atom. The van der Waals surface area contributed by atoms with Crippen LogP contribution in [0.3, 0.4) is 0 Å². The molecule has 12 aromatic rings. The van der Waals surface area contributed by atoms with Crippen molar-refractivity contribution in [3.63, 3.8) is 0 Å². The number of aromatic nitrogens is 5. The molecule has 5 heteroatoms. The second-order valence-electron chi connectivity index (χ2n) is 15.8. The van der Waals surface area contributed by atoms with E-state index in [9.17, 15) is 0 Å². The van der Waals surface area contributed by atoms with E-state index < -0.39 is 0 Å². The van der Waals surface area contributed by atoms with Crippen molar-refractivity contribution in [1.29, 1.82) is 0 Å². The third kappa shape index (κ3) is 6.42. The minimum Gasteiger partial charge on any atom is -0.292 e. The van der Waals surface area contributed by atoms with E-state index in [0.717, 1.165) is 105 Å². The highest BCUT2D eigenvalue weighted by atomic mass is 15.1. The summed E-state index contributed by atoms with van der Waals surface area (Å²) in [7, 11) is 0. The fourth-order valence-electron chi connectivity index (χ4n) is 8.95. The minimum atomic E-state index is 0.701. The summed E-state index contributed by atoms with van der Waals surface area (Å²) in [6.45, 7) is 0. The van der Waals surface area contributed by atoms with E-state index in [2.05, 4.69) is 211 Å². The molecule has 12 rings (SSSR count). The van der Waals surface area contributed by atoms with Gasteiger partial charge in [0.05, 0.1) is 33.5 Å². The number of imidazole rings is 1. The number of fused-ring (bicyclic) bond motifs is 6. The Morgan fingerprint density at radius 1 is 0.302 bits per heavy atom. The summed E-state index contributed by atoms with van der Waals surface area (Å²) in [5, 5.41) is 4.28. The molecule has 0 aliphatic carbocycles. The van der Waals surface area contributed by atoms with E-state index in [1.165, 1.54) is 5.56 Å². The largest absolute Gasteiger partial charge is 0.292 e. The van der Waals surface area contributed by atoms with Crippen LogP contribution in [0.25, 0.3) is 117 Å². The van der Waals surface area contributed by atoms with E-state index >= 15 is 0 Å². The summed E-state index contributed by atoms with van der Waals surface area (Å²) in [5.41, 5.74) is 15.3.